The Labute approximate surface area is 130 Å². The summed E-state index contributed by atoms with van der Waals surface area (Å²) >= 11 is 0. The molecule has 0 aromatic carbocycles. The number of carboxylic acid groups (broad SMARTS) is 1. The van der Waals surface area contributed by atoms with E-state index in [0.29, 0.717) is 17.8 Å². The van der Waals surface area contributed by atoms with E-state index in [0.717, 1.165) is 11.1 Å². The largest absolute Gasteiger partial charge is 0.478 e. The topological polar surface area (TPSA) is 79.3 Å². The average Bonchev–Trinajstić information content (AvgIpc) is 2.35. The van der Waals surface area contributed by atoms with Gasteiger partial charge < -0.3 is 10.4 Å². The highest BCUT2D eigenvalue weighted by molar-refractivity contribution is 5.97. The predicted molar refractivity (Wildman–Crippen MR) is 85.4 cm³/mol. The van der Waals surface area contributed by atoms with Crippen LogP contribution in [0.3, 0.4) is 0 Å². The molecule has 118 valence electrons. The Bertz CT molecular complexity index is 667. The van der Waals surface area contributed by atoms with Crippen LogP contribution < -0.4 is 5.32 Å². The molecule has 2 N–H and O–H groups in total. The molecular weight excluding hydrogens is 280 g/mol. The van der Waals surface area contributed by atoms with Gasteiger partial charge in [0.1, 0.15) is 5.82 Å². The van der Waals surface area contributed by atoms with Gasteiger partial charge in [0.2, 0.25) is 5.91 Å². The molecule has 0 aliphatic carbocycles. The zero-order valence-corrected chi connectivity index (χ0v) is 13.7. The molecule has 0 radical (unpaired) electrons. The van der Waals surface area contributed by atoms with E-state index in [1.54, 1.807) is 12.3 Å². The number of nitrogens with one attached hydrogen (secondary N) is 1. The molecule has 5 nitrogen and oxygen atoms in total. The van der Waals surface area contributed by atoms with Crippen LogP contribution in [0, 0.1) is 10.8 Å². The number of aromatic nitrogens is 1. The molecule has 1 aromatic heterocycles. The Morgan fingerprint density at radius 2 is 2.05 bits per heavy atom. The van der Waals surface area contributed by atoms with Crippen LogP contribution in [0.2, 0.25) is 0 Å². The highest BCUT2D eigenvalue weighted by Crippen LogP contribution is 2.33. The van der Waals surface area contributed by atoms with Crippen molar-refractivity contribution in [1.29, 1.82) is 0 Å². The Morgan fingerprint density at radius 3 is 2.59 bits per heavy atom. The maximum atomic E-state index is 11.9. The first-order valence-electron chi connectivity index (χ1n) is 7.26. The molecule has 0 fully saturated rings. The van der Waals surface area contributed by atoms with Crippen LogP contribution in [-0.2, 0) is 16.0 Å². The van der Waals surface area contributed by atoms with Gasteiger partial charge in [-0.3, -0.25) is 4.79 Å². The molecule has 22 heavy (non-hydrogen) atoms. The molecule has 1 aromatic rings. The van der Waals surface area contributed by atoms with Crippen molar-refractivity contribution in [2.24, 2.45) is 10.8 Å². The van der Waals surface area contributed by atoms with E-state index in [4.69, 9.17) is 0 Å². The lowest BCUT2D eigenvalue weighted by Crippen LogP contribution is -2.37. The zero-order valence-electron chi connectivity index (χ0n) is 13.7. The normalized spacial score (nSPS) is 17.7. The van der Waals surface area contributed by atoms with Gasteiger partial charge in [-0.1, -0.05) is 34.6 Å². The van der Waals surface area contributed by atoms with Gasteiger partial charge in [0.25, 0.3) is 0 Å². The summed E-state index contributed by atoms with van der Waals surface area (Å²) in [5, 5.41) is 12.2. The third-order valence-electron chi connectivity index (χ3n) is 3.82. The summed E-state index contributed by atoms with van der Waals surface area (Å²) in [6, 6.07) is 1.90. The minimum atomic E-state index is -0.932. The molecule has 0 saturated heterocycles. The molecule has 0 spiro atoms. The fourth-order valence-electron chi connectivity index (χ4n) is 2.45. The molecular formula is C17H22N2O3. The van der Waals surface area contributed by atoms with Gasteiger partial charge in [0.15, 0.2) is 0 Å². The van der Waals surface area contributed by atoms with Gasteiger partial charge in [0.05, 0.1) is 0 Å². The Kier molecular flexibility index (Phi) is 3.85. The number of carboxylic acids is 1. The van der Waals surface area contributed by atoms with Crippen LogP contribution in [0.1, 0.15) is 45.7 Å². The Balaban J connectivity index is 2.44. The number of nitrogens with zero attached hydrogens (tertiary/aromatic N) is 1. The van der Waals surface area contributed by atoms with Crippen molar-refractivity contribution in [3.63, 3.8) is 0 Å². The molecule has 1 aliphatic heterocycles. The molecule has 5 heteroatoms. The predicted octanol–water partition coefficient (Wildman–Crippen LogP) is 3.12. The first-order valence-corrected chi connectivity index (χ1v) is 7.26. The van der Waals surface area contributed by atoms with Gasteiger partial charge >= 0.3 is 5.97 Å². The maximum absolute atomic E-state index is 11.9. The Hall–Kier alpha value is -2.17. The lowest BCUT2D eigenvalue weighted by Gasteiger charge is -2.29. The third kappa shape index (κ3) is 3.18. The number of carbonyl (C=O) groups is 2. The summed E-state index contributed by atoms with van der Waals surface area (Å²) in [6.07, 6.45) is 3.83. The zero-order chi connectivity index (χ0) is 16.7. The van der Waals surface area contributed by atoms with Crippen molar-refractivity contribution in [1.82, 2.24) is 4.98 Å². The smallest absolute Gasteiger partial charge is 0.332 e. The number of pyridine rings is 1. The van der Waals surface area contributed by atoms with Crippen LogP contribution in [0.5, 0.6) is 0 Å². The highest BCUT2D eigenvalue weighted by Gasteiger charge is 2.34. The highest BCUT2D eigenvalue weighted by atomic mass is 16.4. The van der Waals surface area contributed by atoms with Crippen LogP contribution in [0.25, 0.3) is 6.08 Å². The molecule has 1 aliphatic rings. The fourth-order valence-corrected chi connectivity index (χ4v) is 2.45. The van der Waals surface area contributed by atoms with Gasteiger partial charge in [-0.25, -0.2) is 9.78 Å². The van der Waals surface area contributed by atoms with E-state index in [-0.39, 0.29) is 5.91 Å². The summed E-state index contributed by atoms with van der Waals surface area (Å²) in [6.45, 7) is 9.35. The van der Waals surface area contributed by atoms with Crippen molar-refractivity contribution in [3.8, 4) is 0 Å². The van der Waals surface area contributed by atoms with Gasteiger partial charge in [-0.2, -0.15) is 0 Å². The monoisotopic (exact) mass is 302 g/mol. The summed E-state index contributed by atoms with van der Waals surface area (Å²) in [4.78, 5) is 27.6. The van der Waals surface area contributed by atoms with Crippen LogP contribution in [0.15, 0.2) is 17.8 Å². The van der Waals surface area contributed by atoms with E-state index < -0.39 is 16.8 Å². The number of amides is 1. The number of carbonyl (C=O) groups excluding carboxylic acids is 1. The number of rotatable bonds is 2. The molecule has 2 rings (SSSR count). The quantitative estimate of drug-likeness (QED) is 0.823. The van der Waals surface area contributed by atoms with Gasteiger partial charge in [-0.15, -0.1) is 0 Å². The second kappa shape index (κ2) is 5.23. The molecule has 0 unspecified atom stereocenters. The summed E-state index contributed by atoms with van der Waals surface area (Å²) in [5.74, 6) is -0.412. The van der Waals surface area contributed by atoms with Crippen molar-refractivity contribution in [3.05, 3.63) is 29.0 Å². The van der Waals surface area contributed by atoms with Crippen molar-refractivity contribution in [2.45, 2.75) is 41.0 Å². The van der Waals surface area contributed by atoms with Crippen LogP contribution >= 0.6 is 0 Å². The molecule has 2 heterocycles. The number of aliphatic carboxylic acids is 1. The number of hydrogen-bond acceptors (Lipinski definition) is 3. The van der Waals surface area contributed by atoms with Gasteiger partial charge in [0, 0.05) is 17.2 Å². The van der Waals surface area contributed by atoms with Crippen LogP contribution in [-0.4, -0.2) is 22.0 Å². The minimum absolute atomic E-state index is 0.0447. The standard InChI is InChI=1S/C17H22N2O3/c1-16(2,3)12(14(20)21)7-10-6-11-8-17(4,5)15(22)19-13(11)18-9-10/h6-7,9H,8H2,1-5H3,(H,20,21)(H,18,19,22)/b12-7-. The SMILES string of the molecule is CC1(C)Cc2cc(/C=C(/C(=O)O)C(C)(C)C)cnc2NC1=O. The molecule has 0 bridgehead atoms. The van der Waals surface area contributed by atoms with E-state index in [1.165, 1.54) is 0 Å². The second-order valence-electron chi connectivity index (χ2n) is 7.40. The first-order chi connectivity index (χ1) is 10.0. The number of fused-ring (bicyclic) bond motifs is 1. The summed E-state index contributed by atoms with van der Waals surface area (Å²) in [5.41, 5.74) is 1.04. The van der Waals surface area contributed by atoms with Gasteiger partial charge in [-0.05, 0) is 35.1 Å². The number of anilines is 1. The lowest BCUT2D eigenvalue weighted by atomic mass is 9.81. The van der Waals surface area contributed by atoms with E-state index >= 15 is 0 Å². The van der Waals surface area contributed by atoms with Crippen LogP contribution in [0.4, 0.5) is 5.82 Å². The molecule has 1 amide bonds. The minimum Gasteiger partial charge on any atom is -0.478 e. The van der Waals surface area contributed by atoms with E-state index in [9.17, 15) is 14.7 Å². The van der Waals surface area contributed by atoms with Crippen molar-refractivity contribution in [2.75, 3.05) is 5.32 Å². The third-order valence-corrected chi connectivity index (χ3v) is 3.82. The summed E-state index contributed by atoms with van der Waals surface area (Å²) < 4.78 is 0. The second-order valence-corrected chi connectivity index (χ2v) is 7.40. The molecule has 0 saturated carbocycles. The van der Waals surface area contributed by atoms with E-state index in [2.05, 4.69) is 10.3 Å². The first kappa shape index (κ1) is 16.2. The van der Waals surface area contributed by atoms with Crippen molar-refractivity contribution < 1.29 is 14.7 Å². The maximum Gasteiger partial charge on any atom is 0.332 e. The van der Waals surface area contributed by atoms with Crippen molar-refractivity contribution >= 4 is 23.8 Å². The van der Waals surface area contributed by atoms with E-state index in [1.807, 2.05) is 40.7 Å². The average molecular weight is 302 g/mol. The Morgan fingerprint density at radius 1 is 1.41 bits per heavy atom. The molecule has 0 atom stereocenters. The summed E-state index contributed by atoms with van der Waals surface area (Å²) in [7, 11) is 0. The lowest BCUT2D eigenvalue weighted by molar-refractivity contribution is -0.133. The fraction of sp³-hybridized carbons (Fsp3) is 0.471. The number of hydrogen-bond donors (Lipinski definition) is 2.